The first-order chi connectivity index (χ1) is 13.2. The Balaban J connectivity index is 1.41. The van der Waals surface area contributed by atoms with Gasteiger partial charge in [-0.15, -0.1) is 0 Å². The molecule has 0 spiro atoms. The van der Waals surface area contributed by atoms with E-state index in [1.54, 1.807) is 29.8 Å². The summed E-state index contributed by atoms with van der Waals surface area (Å²) in [6.07, 6.45) is 8.75. The Morgan fingerprint density at radius 1 is 1.07 bits per heavy atom. The number of carbonyl (C=O) groups excluding carboxylic acids is 2. The van der Waals surface area contributed by atoms with Crippen LogP contribution in [0.2, 0.25) is 0 Å². The lowest BCUT2D eigenvalue weighted by Gasteiger charge is -2.35. The van der Waals surface area contributed by atoms with Crippen molar-refractivity contribution in [2.75, 3.05) is 45.2 Å². The van der Waals surface area contributed by atoms with E-state index in [2.05, 4.69) is 21.0 Å². The highest BCUT2D eigenvalue weighted by Gasteiger charge is 2.21. The number of ether oxygens (including phenoxy) is 1. The summed E-state index contributed by atoms with van der Waals surface area (Å²) in [6.45, 7) is 4.41. The van der Waals surface area contributed by atoms with E-state index < -0.39 is 0 Å². The highest BCUT2D eigenvalue weighted by Crippen LogP contribution is 2.20. The number of hydrogen-bond donors (Lipinski definition) is 1. The number of nitrogens with zero attached hydrogens (tertiary/aromatic N) is 2. The number of amides is 2. The fourth-order valence-electron chi connectivity index (χ4n) is 3.62. The van der Waals surface area contributed by atoms with Crippen LogP contribution in [0.3, 0.4) is 0 Å². The smallest absolute Gasteiger partial charge is 0.337 e. The maximum absolute atomic E-state index is 12.4. The van der Waals surface area contributed by atoms with Crippen LogP contribution in [-0.4, -0.2) is 61.6 Å². The summed E-state index contributed by atoms with van der Waals surface area (Å²) in [5.41, 5.74) is 2.76. The molecule has 27 heavy (non-hydrogen) atoms. The number of urea groups is 1. The van der Waals surface area contributed by atoms with E-state index in [1.165, 1.54) is 39.2 Å². The lowest BCUT2D eigenvalue weighted by Crippen LogP contribution is -2.50. The van der Waals surface area contributed by atoms with Gasteiger partial charge in [0.2, 0.25) is 0 Å². The van der Waals surface area contributed by atoms with Crippen molar-refractivity contribution in [3.8, 4) is 0 Å². The number of benzene rings is 1. The predicted molar refractivity (Wildman–Crippen MR) is 106 cm³/mol. The Kier molecular flexibility index (Phi) is 6.87. The summed E-state index contributed by atoms with van der Waals surface area (Å²) in [6, 6.07) is 6.66. The first-order valence-corrected chi connectivity index (χ1v) is 9.80. The first-order valence-electron chi connectivity index (χ1n) is 9.80. The van der Waals surface area contributed by atoms with Gasteiger partial charge in [-0.3, -0.25) is 4.90 Å². The molecule has 1 aromatic rings. The molecule has 0 bridgehead atoms. The van der Waals surface area contributed by atoms with Gasteiger partial charge in [-0.1, -0.05) is 11.6 Å². The third-order valence-electron chi connectivity index (χ3n) is 5.35. The zero-order valence-corrected chi connectivity index (χ0v) is 16.1. The van der Waals surface area contributed by atoms with Crippen molar-refractivity contribution in [2.45, 2.75) is 32.1 Å². The average molecular weight is 371 g/mol. The van der Waals surface area contributed by atoms with Crippen molar-refractivity contribution in [2.24, 2.45) is 0 Å². The van der Waals surface area contributed by atoms with Crippen molar-refractivity contribution >= 4 is 17.7 Å². The second kappa shape index (κ2) is 9.55. The van der Waals surface area contributed by atoms with Gasteiger partial charge in [0.05, 0.1) is 12.7 Å². The summed E-state index contributed by atoms with van der Waals surface area (Å²) in [5, 5.41) is 2.90. The fraction of sp³-hybridized carbons (Fsp3) is 0.524. The van der Waals surface area contributed by atoms with E-state index in [0.717, 1.165) is 32.7 Å². The number of hydrogen-bond acceptors (Lipinski definition) is 4. The van der Waals surface area contributed by atoms with E-state index >= 15 is 0 Å². The van der Waals surface area contributed by atoms with Crippen LogP contribution in [-0.2, 0) is 4.74 Å². The maximum atomic E-state index is 12.4. The van der Waals surface area contributed by atoms with Crippen LogP contribution in [0.4, 0.5) is 10.5 Å². The molecule has 6 heteroatoms. The van der Waals surface area contributed by atoms with Crippen LogP contribution in [0.25, 0.3) is 0 Å². The molecule has 1 fully saturated rings. The third-order valence-corrected chi connectivity index (χ3v) is 5.35. The number of carbonyl (C=O) groups is 2. The summed E-state index contributed by atoms with van der Waals surface area (Å²) in [4.78, 5) is 28.2. The Morgan fingerprint density at radius 3 is 2.44 bits per heavy atom. The van der Waals surface area contributed by atoms with Gasteiger partial charge >= 0.3 is 12.0 Å². The third kappa shape index (κ3) is 5.57. The number of anilines is 1. The molecular weight excluding hydrogens is 342 g/mol. The van der Waals surface area contributed by atoms with Crippen molar-refractivity contribution < 1.29 is 14.3 Å². The molecule has 0 unspecified atom stereocenters. The van der Waals surface area contributed by atoms with Gasteiger partial charge < -0.3 is 15.0 Å². The first kappa shape index (κ1) is 19.4. The Labute approximate surface area is 161 Å². The Morgan fingerprint density at radius 2 is 1.81 bits per heavy atom. The molecule has 1 N–H and O–H groups in total. The van der Waals surface area contributed by atoms with Crippen molar-refractivity contribution in [3.05, 3.63) is 41.5 Å². The normalized spacial score (nSPS) is 18.0. The van der Waals surface area contributed by atoms with Crippen LogP contribution >= 0.6 is 0 Å². The second-order valence-corrected chi connectivity index (χ2v) is 7.19. The Hall–Kier alpha value is -2.34. The lowest BCUT2D eigenvalue weighted by molar-refractivity contribution is 0.0600. The van der Waals surface area contributed by atoms with Crippen molar-refractivity contribution in [3.63, 3.8) is 0 Å². The minimum absolute atomic E-state index is 0.0875. The molecule has 6 nitrogen and oxygen atoms in total. The molecule has 0 radical (unpaired) electrons. The van der Waals surface area contributed by atoms with Crippen LogP contribution < -0.4 is 5.32 Å². The van der Waals surface area contributed by atoms with E-state index in [0.29, 0.717) is 11.3 Å². The number of esters is 1. The molecule has 2 amide bonds. The number of allylic oxidation sites excluding steroid dienone is 1. The predicted octanol–water partition coefficient (Wildman–Crippen LogP) is 3.51. The van der Waals surface area contributed by atoms with Crippen molar-refractivity contribution in [1.29, 1.82) is 0 Å². The molecule has 0 saturated carbocycles. The van der Waals surface area contributed by atoms with E-state index in [-0.39, 0.29) is 12.0 Å². The highest BCUT2D eigenvalue weighted by molar-refractivity contribution is 5.92. The lowest BCUT2D eigenvalue weighted by atomic mass is 9.97. The molecule has 0 atom stereocenters. The molecular formula is C21H29N3O3. The quantitative estimate of drug-likeness (QED) is 0.635. The van der Waals surface area contributed by atoms with E-state index in [1.807, 2.05) is 4.90 Å². The van der Waals surface area contributed by atoms with Gasteiger partial charge in [0.1, 0.15) is 0 Å². The molecule has 1 saturated heterocycles. The van der Waals surface area contributed by atoms with Gasteiger partial charge in [0, 0.05) is 38.4 Å². The van der Waals surface area contributed by atoms with Crippen LogP contribution in [0.5, 0.6) is 0 Å². The number of piperazine rings is 1. The van der Waals surface area contributed by atoms with Gasteiger partial charge in [0.25, 0.3) is 0 Å². The van der Waals surface area contributed by atoms with Crippen LogP contribution in [0.1, 0.15) is 42.5 Å². The zero-order chi connectivity index (χ0) is 19.1. The minimum Gasteiger partial charge on any atom is -0.465 e. The SMILES string of the molecule is COC(=O)c1ccc(NC(=O)N2CCN(CCC3=CCCCC3)CC2)cc1. The molecule has 1 aliphatic heterocycles. The fourth-order valence-corrected chi connectivity index (χ4v) is 3.62. The number of methoxy groups -OCH3 is 1. The summed E-state index contributed by atoms with van der Waals surface area (Å²) >= 11 is 0. The molecule has 1 heterocycles. The zero-order valence-electron chi connectivity index (χ0n) is 16.1. The molecule has 1 aromatic carbocycles. The van der Waals surface area contributed by atoms with Crippen LogP contribution in [0.15, 0.2) is 35.9 Å². The van der Waals surface area contributed by atoms with Crippen molar-refractivity contribution in [1.82, 2.24) is 9.80 Å². The minimum atomic E-state index is -0.381. The van der Waals surface area contributed by atoms with Gasteiger partial charge in [0.15, 0.2) is 0 Å². The standard InChI is InChI=1S/C21H29N3O3/c1-27-20(25)18-7-9-19(10-8-18)22-21(26)24-15-13-23(14-16-24)12-11-17-5-3-2-4-6-17/h5,7-10H,2-4,6,11-16H2,1H3,(H,22,26). The number of rotatable bonds is 5. The summed E-state index contributed by atoms with van der Waals surface area (Å²) in [5.74, 6) is -0.381. The van der Waals surface area contributed by atoms with E-state index in [9.17, 15) is 9.59 Å². The molecule has 3 rings (SSSR count). The van der Waals surface area contributed by atoms with E-state index in [4.69, 9.17) is 0 Å². The van der Waals surface area contributed by atoms with Gasteiger partial charge in [-0.25, -0.2) is 9.59 Å². The van der Waals surface area contributed by atoms with Gasteiger partial charge in [-0.05, 0) is 56.4 Å². The Bertz CT molecular complexity index is 676. The molecule has 0 aromatic heterocycles. The maximum Gasteiger partial charge on any atom is 0.337 e. The molecule has 2 aliphatic rings. The van der Waals surface area contributed by atoms with Crippen LogP contribution in [0, 0.1) is 0 Å². The monoisotopic (exact) mass is 371 g/mol. The summed E-state index contributed by atoms with van der Waals surface area (Å²) < 4.78 is 4.68. The number of nitrogens with one attached hydrogen (secondary N) is 1. The topological polar surface area (TPSA) is 61.9 Å². The van der Waals surface area contributed by atoms with Gasteiger partial charge in [-0.2, -0.15) is 0 Å². The molecule has 1 aliphatic carbocycles. The second-order valence-electron chi connectivity index (χ2n) is 7.19. The highest BCUT2D eigenvalue weighted by atomic mass is 16.5. The molecule has 146 valence electrons. The summed E-state index contributed by atoms with van der Waals surface area (Å²) in [7, 11) is 1.35. The average Bonchev–Trinajstić information content (AvgIpc) is 2.73. The largest absolute Gasteiger partial charge is 0.465 e.